The van der Waals surface area contributed by atoms with Crippen molar-refractivity contribution in [3.05, 3.63) is 84.1 Å². The quantitative estimate of drug-likeness (QED) is 0.120. The highest BCUT2D eigenvalue weighted by Crippen LogP contribution is 2.15. The van der Waals surface area contributed by atoms with Crippen LogP contribution in [0.25, 0.3) is 0 Å². The highest BCUT2D eigenvalue weighted by molar-refractivity contribution is 6.00. The first kappa shape index (κ1) is 51.6. The summed E-state index contributed by atoms with van der Waals surface area (Å²) in [4.78, 5) is 117. The molecule has 8 atom stereocenters. The molecule has 0 saturated carbocycles. The molecule has 1 unspecified atom stereocenters. The van der Waals surface area contributed by atoms with Crippen molar-refractivity contribution in [3.63, 3.8) is 0 Å². The number of carbonyl (C=O) groups is 9. The predicted molar refractivity (Wildman–Crippen MR) is 229 cm³/mol. The van der Waals surface area contributed by atoms with E-state index in [2.05, 4.69) is 50.4 Å². The minimum absolute atomic E-state index is 0.0339. The lowest BCUT2D eigenvalue weighted by molar-refractivity contribution is -0.146. The summed E-state index contributed by atoms with van der Waals surface area (Å²) in [6.07, 6.45) is 5.53. The van der Waals surface area contributed by atoms with Crippen LogP contribution in [0.5, 0.6) is 0 Å². The molecule has 1 aromatic carbocycles. The molecule has 338 valence electrons. The average molecular weight is 864 g/mol. The molecule has 62 heavy (non-hydrogen) atoms. The van der Waals surface area contributed by atoms with Crippen molar-refractivity contribution >= 4 is 53.3 Å². The van der Waals surface area contributed by atoms with Crippen LogP contribution < -0.4 is 37.2 Å². The lowest BCUT2D eigenvalue weighted by Crippen LogP contribution is -2.58. The third kappa shape index (κ3) is 17.2. The smallest absolute Gasteiger partial charge is 0.327 e. The molecule has 0 radical (unpaired) electrons. The first-order valence-electron chi connectivity index (χ1n) is 20.4. The Labute approximate surface area is 361 Å². The second-order valence-corrected chi connectivity index (χ2v) is 15.9. The van der Waals surface area contributed by atoms with Crippen LogP contribution in [0.15, 0.2) is 78.6 Å². The van der Waals surface area contributed by atoms with E-state index in [-0.39, 0.29) is 12.3 Å². The number of aryl methyl sites for hydroxylation is 1. The Bertz CT molecular complexity index is 1930. The summed E-state index contributed by atoms with van der Waals surface area (Å²) >= 11 is 0. The van der Waals surface area contributed by atoms with Crippen molar-refractivity contribution in [1.82, 2.24) is 37.2 Å². The van der Waals surface area contributed by atoms with Crippen LogP contribution in [0.4, 0.5) is 0 Å². The van der Waals surface area contributed by atoms with Crippen molar-refractivity contribution in [2.75, 3.05) is 0 Å². The van der Waals surface area contributed by atoms with Crippen LogP contribution in [-0.2, 0) is 49.6 Å². The molecule has 0 aromatic heterocycles. The zero-order chi connectivity index (χ0) is 46.8. The molecule has 1 saturated heterocycles. The second kappa shape index (κ2) is 24.6. The zero-order valence-corrected chi connectivity index (χ0v) is 36.3. The summed E-state index contributed by atoms with van der Waals surface area (Å²) in [5, 5.41) is 36.9. The SMILES string of the molecule is C=C(/C=C(C)/C=C/C1NC(=O)[C@H](C)NC(=O)[C@@H](C)[C@H](C(=O)O)NC(=O)[C@H](CC(C)C)NC(=O)[C@@H](C)NC(=O)C(=C)NC(=O)CC[C@H](C(=O)O)NC(=O)[C@H]1C)CCc1ccccc1. The normalized spacial score (nSPS) is 26.1. The van der Waals surface area contributed by atoms with E-state index in [1.165, 1.54) is 33.8 Å². The fraction of sp³-hybridized carbons (Fsp3) is 0.477. The number of hydrogen-bond donors (Lipinski definition) is 9. The minimum Gasteiger partial charge on any atom is -0.480 e. The fourth-order valence-electron chi connectivity index (χ4n) is 6.13. The summed E-state index contributed by atoms with van der Waals surface area (Å²) in [5.74, 6) is -11.9. The maximum atomic E-state index is 13.6. The third-order valence-corrected chi connectivity index (χ3v) is 9.99. The molecule has 18 nitrogen and oxygen atoms in total. The van der Waals surface area contributed by atoms with E-state index in [1.54, 1.807) is 26.8 Å². The Morgan fingerprint density at radius 2 is 1.37 bits per heavy atom. The van der Waals surface area contributed by atoms with E-state index in [4.69, 9.17) is 0 Å². The monoisotopic (exact) mass is 863 g/mol. The van der Waals surface area contributed by atoms with Crippen molar-refractivity contribution in [2.24, 2.45) is 17.8 Å². The Kier molecular flexibility index (Phi) is 20.5. The number of carboxylic acid groups (broad SMARTS) is 2. The minimum atomic E-state index is -1.82. The van der Waals surface area contributed by atoms with Gasteiger partial charge in [-0.05, 0) is 57.9 Å². The summed E-state index contributed by atoms with van der Waals surface area (Å²) in [6.45, 7) is 18.2. The van der Waals surface area contributed by atoms with Gasteiger partial charge in [0.2, 0.25) is 35.4 Å². The maximum Gasteiger partial charge on any atom is 0.327 e. The number of hydrogen-bond acceptors (Lipinski definition) is 9. The molecule has 1 heterocycles. The fourth-order valence-corrected chi connectivity index (χ4v) is 6.13. The van der Waals surface area contributed by atoms with Crippen molar-refractivity contribution in [2.45, 2.75) is 117 Å². The maximum absolute atomic E-state index is 13.6. The number of aliphatic carboxylic acids is 2. The van der Waals surface area contributed by atoms with Crippen molar-refractivity contribution < 1.29 is 53.4 Å². The Morgan fingerprint density at radius 3 is 1.97 bits per heavy atom. The van der Waals surface area contributed by atoms with Gasteiger partial charge in [-0.2, -0.15) is 0 Å². The van der Waals surface area contributed by atoms with Crippen LogP contribution >= 0.6 is 0 Å². The Morgan fingerprint density at radius 1 is 0.774 bits per heavy atom. The highest BCUT2D eigenvalue weighted by Gasteiger charge is 2.36. The van der Waals surface area contributed by atoms with Gasteiger partial charge >= 0.3 is 11.9 Å². The third-order valence-electron chi connectivity index (χ3n) is 9.99. The first-order chi connectivity index (χ1) is 29.0. The largest absolute Gasteiger partial charge is 0.480 e. The number of carboxylic acids is 2. The van der Waals surface area contributed by atoms with Crippen molar-refractivity contribution in [1.29, 1.82) is 0 Å². The van der Waals surface area contributed by atoms with Gasteiger partial charge in [-0.25, -0.2) is 9.59 Å². The van der Waals surface area contributed by atoms with Gasteiger partial charge in [0.1, 0.15) is 30.2 Å². The van der Waals surface area contributed by atoms with Gasteiger partial charge in [0.15, 0.2) is 0 Å². The van der Waals surface area contributed by atoms with E-state index in [1.807, 2.05) is 36.4 Å². The number of benzene rings is 1. The van der Waals surface area contributed by atoms with Crippen LogP contribution in [0.1, 0.15) is 79.7 Å². The highest BCUT2D eigenvalue weighted by atomic mass is 16.4. The van der Waals surface area contributed by atoms with Crippen LogP contribution in [0.2, 0.25) is 0 Å². The predicted octanol–water partition coefficient (Wildman–Crippen LogP) is 1.54. The lowest BCUT2D eigenvalue weighted by Gasteiger charge is -2.27. The molecule has 7 amide bonds. The van der Waals surface area contributed by atoms with E-state index in [0.717, 1.165) is 17.6 Å². The van der Waals surface area contributed by atoms with Crippen LogP contribution in [-0.4, -0.2) is 99.8 Å². The zero-order valence-electron chi connectivity index (χ0n) is 36.3. The van der Waals surface area contributed by atoms with E-state index < -0.39 is 120 Å². The van der Waals surface area contributed by atoms with Gasteiger partial charge < -0.3 is 47.4 Å². The summed E-state index contributed by atoms with van der Waals surface area (Å²) in [7, 11) is 0. The number of amides is 7. The Hall–Kier alpha value is -6.59. The van der Waals surface area contributed by atoms with Gasteiger partial charge in [-0.1, -0.05) is 101 Å². The molecule has 1 aromatic rings. The van der Waals surface area contributed by atoms with Gasteiger partial charge in [-0.15, -0.1) is 0 Å². The summed E-state index contributed by atoms with van der Waals surface area (Å²) in [5.41, 5.74) is 2.16. The number of allylic oxidation sites excluding steroid dienone is 4. The molecule has 1 aliphatic rings. The molecule has 1 aliphatic heterocycles. The molecule has 9 N–H and O–H groups in total. The first-order valence-corrected chi connectivity index (χ1v) is 20.4. The number of rotatable bonds is 10. The van der Waals surface area contributed by atoms with E-state index >= 15 is 0 Å². The molecule has 0 aliphatic carbocycles. The number of nitrogens with one attached hydrogen (secondary N) is 7. The van der Waals surface area contributed by atoms with E-state index in [0.29, 0.717) is 12.0 Å². The van der Waals surface area contributed by atoms with Gasteiger partial charge in [-0.3, -0.25) is 33.6 Å². The van der Waals surface area contributed by atoms with Gasteiger partial charge in [0, 0.05) is 6.42 Å². The molecular formula is C44H61N7O11. The molecule has 0 spiro atoms. The Balaban J connectivity index is 2.50. The summed E-state index contributed by atoms with van der Waals surface area (Å²) < 4.78 is 0. The molecule has 18 heteroatoms. The van der Waals surface area contributed by atoms with Gasteiger partial charge in [0.25, 0.3) is 5.91 Å². The second-order valence-electron chi connectivity index (χ2n) is 15.9. The molecule has 1 fully saturated rings. The van der Waals surface area contributed by atoms with Crippen LogP contribution in [0.3, 0.4) is 0 Å². The van der Waals surface area contributed by atoms with E-state index in [9.17, 15) is 53.4 Å². The lowest BCUT2D eigenvalue weighted by atomic mass is 9.97. The van der Waals surface area contributed by atoms with Crippen molar-refractivity contribution in [3.8, 4) is 0 Å². The molecule has 2 rings (SSSR count). The van der Waals surface area contributed by atoms with Gasteiger partial charge in [0.05, 0.1) is 23.6 Å². The molecular weight excluding hydrogens is 803 g/mol. The van der Waals surface area contributed by atoms with Crippen LogP contribution in [0, 0.1) is 17.8 Å². The number of carbonyl (C=O) groups excluding carboxylic acids is 7. The summed E-state index contributed by atoms with van der Waals surface area (Å²) in [6, 6.07) is 1.41. The molecule has 0 bridgehead atoms. The standard InChI is InChI=1S/C44H61N7O11/c1-23(2)21-34-42(58)51-36(44(61)62)27(6)38(54)46-29(8)40(56)48-32(18-16-25(4)22-24(3)15-17-31-13-11-10-12-14-31)26(5)37(53)49-33(43(59)60)19-20-35(52)45-28(7)39(55)47-30(9)41(57)50-34/h10-14,16,18,22-23,26-27,29-30,32-34,36H,3,7,15,17,19-21H2,1-2,4-6,8-9H3,(H,45,52)(H,46,54)(H,47,55)(H,48,56)(H,49,53)(H,50,57)(H,51,58)(H,59,60)(H,61,62)/b18-16+,25-22+/t26-,27-,29-,30+,32?,33+,34-,36+/m0/s1. The topological polar surface area (TPSA) is 278 Å². The average Bonchev–Trinajstić information content (AvgIpc) is 3.20.